The lowest BCUT2D eigenvalue weighted by Gasteiger charge is -2.02. The summed E-state index contributed by atoms with van der Waals surface area (Å²) in [6, 6.07) is 0. The molecule has 2 aromatic heterocycles. The first-order valence-corrected chi connectivity index (χ1v) is 6.36. The first-order valence-electron chi connectivity index (χ1n) is 6.36. The molecule has 0 unspecified atom stereocenters. The summed E-state index contributed by atoms with van der Waals surface area (Å²) in [5.41, 5.74) is 0. The third kappa shape index (κ3) is 3.40. The molecular formula is C12H18N6O. The van der Waals surface area contributed by atoms with Gasteiger partial charge in [-0.25, -0.2) is 9.97 Å². The van der Waals surface area contributed by atoms with Gasteiger partial charge in [0.25, 0.3) is 5.91 Å². The molecule has 0 radical (unpaired) electrons. The standard InChI is InChI=1S/C12H18N6O/c1-3-4-9-15-11(17-16-9)12(19)14-6-5-10-13-7-8-18(10)2/h7-8H,3-6H2,1-2H3,(H,14,19)(H,15,16,17). The van der Waals surface area contributed by atoms with Crippen LogP contribution >= 0.6 is 0 Å². The monoisotopic (exact) mass is 262 g/mol. The molecule has 102 valence electrons. The fourth-order valence-electron chi connectivity index (χ4n) is 1.75. The average molecular weight is 262 g/mol. The van der Waals surface area contributed by atoms with Crippen molar-refractivity contribution in [1.29, 1.82) is 0 Å². The van der Waals surface area contributed by atoms with Gasteiger partial charge in [0.05, 0.1) is 0 Å². The molecule has 1 amide bonds. The molecule has 2 aromatic rings. The Morgan fingerprint density at radius 3 is 3.00 bits per heavy atom. The van der Waals surface area contributed by atoms with Gasteiger partial charge in [-0.3, -0.25) is 9.89 Å². The zero-order chi connectivity index (χ0) is 13.7. The topological polar surface area (TPSA) is 88.5 Å². The maximum Gasteiger partial charge on any atom is 0.290 e. The molecule has 0 aromatic carbocycles. The van der Waals surface area contributed by atoms with E-state index in [0.29, 0.717) is 13.0 Å². The molecule has 19 heavy (non-hydrogen) atoms. The van der Waals surface area contributed by atoms with Gasteiger partial charge in [0.1, 0.15) is 11.6 Å². The van der Waals surface area contributed by atoms with Crippen LogP contribution in [-0.2, 0) is 19.9 Å². The molecule has 7 nitrogen and oxygen atoms in total. The summed E-state index contributed by atoms with van der Waals surface area (Å²) in [4.78, 5) is 20.1. The SMILES string of the molecule is CCCc1nc(C(=O)NCCc2nccn2C)n[nH]1. The number of nitrogens with one attached hydrogen (secondary N) is 2. The fourth-order valence-corrected chi connectivity index (χ4v) is 1.75. The molecule has 2 rings (SSSR count). The summed E-state index contributed by atoms with van der Waals surface area (Å²) in [5.74, 6) is 1.62. The van der Waals surface area contributed by atoms with E-state index in [0.717, 1.165) is 24.5 Å². The molecule has 2 N–H and O–H groups in total. The van der Waals surface area contributed by atoms with E-state index in [9.17, 15) is 4.79 Å². The minimum atomic E-state index is -0.257. The molecular weight excluding hydrogens is 244 g/mol. The molecule has 0 saturated heterocycles. The Balaban J connectivity index is 1.82. The number of aryl methyl sites for hydroxylation is 2. The minimum Gasteiger partial charge on any atom is -0.349 e. The molecule has 0 fully saturated rings. The van der Waals surface area contributed by atoms with Gasteiger partial charge in [-0.2, -0.15) is 0 Å². The number of nitrogens with zero attached hydrogens (tertiary/aromatic N) is 4. The molecule has 0 aliphatic rings. The molecule has 0 atom stereocenters. The van der Waals surface area contributed by atoms with Crippen molar-refractivity contribution in [2.75, 3.05) is 6.54 Å². The molecule has 0 saturated carbocycles. The molecule has 0 aliphatic carbocycles. The smallest absolute Gasteiger partial charge is 0.290 e. The van der Waals surface area contributed by atoms with Crippen molar-refractivity contribution in [2.24, 2.45) is 7.05 Å². The first kappa shape index (κ1) is 13.3. The van der Waals surface area contributed by atoms with E-state index in [1.807, 2.05) is 17.8 Å². The largest absolute Gasteiger partial charge is 0.349 e. The third-order valence-corrected chi connectivity index (χ3v) is 2.78. The van der Waals surface area contributed by atoms with Gasteiger partial charge in [-0.05, 0) is 6.42 Å². The number of carbonyl (C=O) groups excluding carboxylic acids is 1. The quantitative estimate of drug-likeness (QED) is 0.791. The minimum absolute atomic E-state index is 0.197. The second-order valence-corrected chi connectivity index (χ2v) is 4.32. The van der Waals surface area contributed by atoms with Crippen LogP contribution in [0.1, 0.15) is 35.6 Å². The van der Waals surface area contributed by atoms with E-state index in [2.05, 4.69) is 32.4 Å². The van der Waals surface area contributed by atoms with Crippen LogP contribution in [0.5, 0.6) is 0 Å². The number of aromatic nitrogens is 5. The van der Waals surface area contributed by atoms with Crippen LogP contribution in [0.15, 0.2) is 12.4 Å². The third-order valence-electron chi connectivity index (χ3n) is 2.78. The zero-order valence-electron chi connectivity index (χ0n) is 11.2. The number of carbonyl (C=O) groups is 1. The predicted molar refractivity (Wildman–Crippen MR) is 69.6 cm³/mol. The normalized spacial score (nSPS) is 10.6. The zero-order valence-corrected chi connectivity index (χ0v) is 11.2. The van der Waals surface area contributed by atoms with Crippen LogP contribution in [0.3, 0.4) is 0 Å². The van der Waals surface area contributed by atoms with Gasteiger partial charge in [-0.1, -0.05) is 6.92 Å². The van der Waals surface area contributed by atoms with E-state index in [-0.39, 0.29) is 11.7 Å². The highest BCUT2D eigenvalue weighted by Crippen LogP contribution is 1.97. The second-order valence-electron chi connectivity index (χ2n) is 4.32. The van der Waals surface area contributed by atoms with Crippen molar-refractivity contribution in [3.8, 4) is 0 Å². The summed E-state index contributed by atoms with van der Waals surface area (Å²) in [6.45, 7) is 2.57. The van der Waals surface area contributed by atoms with Gasteiger partial charge >= 0.3 is 0 Å². The Labute approximate surface area is 111 Å². The van der Waals surface area contributed by atoms with E-state index in [1.54, 1.807) is 6.20 Å². The van der Waals surface area contributed by atoms with Crippen LogP contribution in [0.4, 0.5) is 0 Å². The number of rotatable bonds is 6. The Morgan fingerprint density at radius 2 is 2.32 bits per heavy atom. The maximum absolute atomic E-state index is 11.8. The predicted octanol–water partition coefficient (Wildman–Crippen LogP) is 0.463. The lowest BCUT2D eigenvalue weighted by Crippen LogP contribution is -2.27. The van der Waals surface area contributed by atoms with E-state index in [1.165, 1.54) is 0 Å². The van der Waals surface area contributed by atoms with Crippen molar-refractivity contribution in [2.45, 2.75) is 26.2 Å². The highest BCUT2D eigenvalue weighted by Gasteiger charge is 2.11. The fraction of sp³-hybridized carbons (Fsp3) is 0.500. The van der Waals surface area contributed by atoms with Gasteiger partial charge in [-0.15, -0.1) is 5.10 Å². The van der Waals surface area contributed by atoms with Gasteiger partial charge < -0.3 is 9.88 Å². The number of H-pyrrole nitrogens is 1. The van der Waals surface area contributed by atoms with Crippen molar-refractivity contribution in [3.05, 3.63) is 29.9 Å². The Kier molecular flexibility index (Phi) is 4.27. The molecule has 0 aliphatic heterocycles. The van der Waals surface area contributed by atoms with Crippen LogP contribution in [0, 0.1) is 0 Å². The Morgan fingerprint density at radius 1 is 1.47 bits per heavy atom. The van der Waals surface area contributed by atoms with Crippen LogP contribution in [0.2, 0.25) is 0 Å². The van der Waals surface area contributed by atoms with E-state index in [4.69, 9.17) is 0 Å². The Hall–Kier alpha value is -2.18. The molecule has 2 heterocycles. The van der Waals surface area contributed by atoms with Gasteiger partial charge in [0, 0.05) is 38.8 Å². The summed E-state index contributed by atoms with van der Waals surface area (Å²) in [7, 11) is 1.93. The number of hydrogen-bond donors (Lipinski definition) is 2. The van der Waals surface area contributed by atoms with Crippen molar-refractivity contribution >= 4 is 5.91 Å². The number of imidazole rings is 1. The lowest BCUT2D eigenvalue weighted by atomic mass is 10.3. The highest BCUT2D eigenvalue weighted by molar-refractivity contribution is 5.90. The Bertz CT molecular complexity index is 544. The van der Waals surface area contributed by atoms with Crippen molar-refractivity contribution in [1.82, 2.24) is 30.0 Å². The molecule has 0 bridgehead atoms. The molecule has 7 heteroatoms. The summed E-state index contributed by atoms with van der Waals surface area (Å²) in [5, 5.41) is 9.44. The van der Waals surface area contributed by atoms with E-state index >= 15 is 0 Å². The second kappa shape index (κ2) is 6.12. The maximum atomic E-state index is 11.8. The number of amides is 1. The van der Waals surface area contributed by atoms with E-state index < -0.39 is 0 Å². The van der Waals surface area contributed by atoms with Crippen molar-refractivity contribution in [3.63, 3.8) is 0 Å². The van der Waals surface area contributed by atoms with Crippen LogP contribution in [0.25, 0.3) is 0 Å². The van der Waals surface area contributed by atoms with Crippen molar-refractivity contribution < 1.29 is 4.79 Å². The molecule has 0 spiro atoms. The van der Waals surface area contributed by atoms with Gasteiger partial charge in [0.15, 0.2) is 0 Å². The van der Waals surface area contributed by atoms with Crippen LogP contribution in [-0.4, -0.2) is 37.2 Å². The first-order chi connectivity index (χ1) is 9.20. The summed E-state index contributed by atoms with van der Waals surface area (Å²) < 4.78 is 1.93. The number of aromatic amines is 1. The lowest BCUT2D eigenvalue weighted by molar-refractivity contribution is 0.0944. The average Bonchev–Trinajstić information content (AvgIpc) is 3.00. The summed E-state index contributed by atoms with van der Waals surface area (Å²) >= 11 is 0. The number of hydrogen-bond acceptors (Lipinski definition) is 4. The van der Waals surface area contributed by atoms with Crippen LogP contribution < -0.4 is 5.32 Å². The van der Waals surface area contributed by atoms with Gasteiger partial charge in [0.2, 0.25) is 5.82 Å². The highest BCUT2D eigenvalue weighted by atomic mass is 16.2. The summed E-state index contributed by atoms with van der Waals surface area (Å²) in [6.07, 6.45) is 6.07.